The van der Waals surface area contributed by atoms with E-state index in [1.54, 1.807) is 0 Å². The number of para-hydroxylation sites is 1. The maximum atomic E-state index is 3.30. The Morgan fingerprint density at radius 1 is 0.794 bits per heavy atom. The fourth-order valence-corrected chi connectivity index (χ4v) is 4.86. The number of benzene rings is 4. The number of aryl methyl sites for hydroxylation is 1. The van der Waals surface area contributed by atoms with Crippen LogP contribution in [0.3, 0.4) is 0 Å². The molecule has 6 aromatic rings. The van der Waals surface area contributed by atoms with Gasteiger partial charge in [0.05, 0.1) is 0 Å². The Kier molecular flexibility index (Phi) is 8.57. The molecule has 0 atom stereocenters. The predicted octanol–water partition coefficient (Wildman–Crippen LogP) is 7.78. The van der Waals surface area contributed by atoms with Gasteiger partial charge in [-0.3, -0.25) is 0 Å². The summed E-state index contributed by atoms with van der Waals surface area (Å²) in [7, 11) is 2.14. The van der Waals surface area contributed by atoms with Crippen LogP contribution in [0.2, 0.25) is 0 Å². The first-order valence-corrected chi connectivity index (χ1v) is 14.8. The molecule has 1 aliphatic carbocycles. The molecular formula is C31H27NSiZr-4. The Labute approximate surface area is 220 Å². The summed E-state index contributed by atoms with van der Waals surface area (Å²) in [4.78, 5) is 0. The van der Waals surface area contributed by atoms with Crippen LogP contribution in [0.25, 0.3) is 43.7 Å². The van der Waals surface area contributed by atoms with Crippen molar-refractivity contribution >= 4 is 39.5 Å². The molecule has 0 saturated carbocycles. The van der Waals surface area contributed by atoms with Gasteiger partial charge >= 0.3 is 30.2 Å². The maximum absolute atomic E-state index is 3.30. The fourth-order valence-electron chi connectivity index (χ4n) is 4.86. The quantitative estimate of drug-likeness (QED) is 0.139. The first kappa shape index (κ1) is 26.0. The molecule has 1 nitrogen and oxygen atoms in total. The summed E-state index contributed by atoms with van der Waals surface area (Å²) in [5.41, 5.74) is 8.15. The Morgan fingerprint density at radius 3 is 2.26 bits per heavy atom. The van der Waals surface area contributed by atoms with Gasteiger partial charge in [-0.25, -0.2) is 0 Å². The summed E-state index contributed by atoms with van der Waals surface area (Å²) in [5.74, 6) is 0. The number of rotatable bonds is 0. The van der Waals surface area contributed by atoms with Gasteiger partial charge in [-0.1, -0.05) is 65.0 Å². The van der Waals surface area contributed by atoms with Gasteiger partial charge in [0, 0.05) is 12.6 Å². The molecule has 3 heteroatoms. The minimum Gasteiger partial charge on any atom is -0.179 e. The molecule has 1 aliphatic rings. The minimum absolute atomic E-state index is 0. The van der Waals surface area contributed by atoms with Crippen molar-refractivity contribution < 1.29 is 23.3 Å². The molecule has 0 saturated heterocycles. The van der Waals surface area contributed by atoms with Crippen LogP contribution in [0.5, 0.6) is 0 Å². The predicted molar refractivity (Wildman–Crippen MR) is 146 cm³/mol. The average Bonchev–Trinajstić information content (AvgIpc) is 3.51. The summed E-state index contributed by atoms with van der Waals surface area (Å²) in [6.45, 7) is 3.06. The van der Waals surface area contributed by atoms with Crippen molar-refractivity contribution in [2.24, 2.45) is 7.05 Å². The SMILES string of the molecule is Cn1c2ccccc2c2c3ccccc3[cH-]c21.[CH3-].[CH3-].[Si]=[Zr].[c-]1cccc2c1Cc1ccccc1-2. The van der Waals surface area contributed by atoms with Gasteiger partial charge in [-0.15, -0.1) is 40.6 Å². The van der Waals surface area contributed by atoms with Crippen LogP contribution in [0.4, 0.5) is 0 Å². The molecule has 0 bridgehead atoms. The van der Waals surface area contributed by atoms with E-state index in [4.69, 9.17) is 0 Å². The van der Waals surface area contributed by atoms with Gasteiger partial charge in [-0.2, -0.15) is 29.8 Å². The minimum atomic E-state index is 0. The van der Waals surface area contributed by atoms with E-state index in [0.717, 1.165) is 6.42 Å². The third kappa shape index (κ3) is 4.40. The van der Waals surface area contributed by atoms with E-state index in [-0.39, 0.29) is 14.9 Å². The molecule has 0 fully saturated rings. The van der Waals surface area contributed by atoms with Crippen LogP contribution in [0.15, 0.2) is 97.1 Å². The molecular weight excluding hydrogens is 506 g/mol. The molecule has 0 amide bonds. The van der Waals surface area contributed by atoms with Gasteiger partial charge in [0.2, 0.25) is 0 Å². The summed E-state index contributed by atoms with van der Waals surface area (Å²) < 4.78 is 2.28. The third-order valence-electron chi connectivity index (χ3n) is 6.29. The number of nitrogens with zero attached hydrogens (tertiary/aromatic N) is 1. The topological polar surface area (TPSA) is 4.93 Å². The second kappa shape index (κ2) is 11.2. The molecule has 34 heavy (non-hydrogen) atoms. The second-order valence-corrected chi connectivity index (χ2v) is 7.96. The molecule has 168 valence electrons. The Balaban J connectivity index is 0.000000173. The summed E-state index contributed by atoms with van der Waals surface area (Å²) in [6, 6.07) is 37.6. The molecule has 0 aliphatic heterocycles. The Morgan fingerprint density at radius 2 is 1.44 bits per heavy atom. The molecule has 1 aromatic heterocycles. The van der Waals surface area contributed by atoms with Crippen molar-refractivity contribution in [2.75, 3.05) is 0 Å². The number of hydrogen-bond donors (Lipinski definition) is 0. The van der Waals surface area contributed by atoms with Gasteiger partial charge in [-0.05, 0) is 23.4 Å². The molecule has 0 N–H and O–H groups in total. The van der Waals surface area contributed by atoms with E-state index >= 15 is 0 Å². The van der Waals surface area contributed by atoms with Crippen LogP contribution in [-0.2, 0) is 36.8 Å². The van der Waals surface area contributed by atoms with Crippen LogP contribution in [0.1, 0.15) is 11.1 Å². The molecule has 2 radical (unpaired) electrons. The largest absolute Gasteiger partial charge is 0.179 e. The second-order valence-electron chi connectivity index (χ2n) is 7.96. The first-order valence-electron chi connectivity index (χ1n) is 10.7. The fraction of sp³-hybridized carbons (Fsp3) is 0.0645. The number of fused-ring (bicyclic) bond motifs is 8. The number of aromatic nitrogens is 1. The zero-order valence-corrected chi connectivity index (χ0v) is 23.3. The van der Waals surface area contributed by atoms with Crippen LogP contribution in [0, 0.1) is 20.9 Å². The third-order valence-corrected chi connectivity index (χ3v) is 6.29. The van der Waals surface area contributed by atoms with Gasteiger partial charge in [0.25, 0.3) is 0 Å². The first-order chi connectivity index (χ1) is 15.8. The van der Waals surface area contributed by atoms with E-state index in [0.29, 0.717) is 0 Å². The number of hydrogen-bond acceptors (Lipinski definition) is 0. The smallest absolute Gasteiger partial charge is 0.0253 e. The molecule has 0 spiro atoms. The molecule has 0 unspecified atom stereocenters. The summed E-state index contributed by atoms with van der Waals surface area (Å²) in [5, 5.41) is 5.43. The van der Waals surface area contributed by atoms with Crippen molar-refractivity contribution in [2.45, 2.75) is 6.42 Å². The van der Waals surface area contributed by atoms with E-state index in [9.17, 15) is 0 Å². The van der Waals surface area contributed by atoms with Crippen LogP contribution >= 0.6 is 0 Å². The van der Waals surface area contributed by atoms with E-state index in [1.807, 2.05) is 6.07 Å². The zero-order chi connectivity index (χ0) is 22.1. The van der Waals surface area contributed by atoms with Crippen molar-refractivity contribution in [1.82, 2.24) is 4.57 Å². The Hall–Kier alpha value is -2.61. The van der Waals surface area contributed by atoms with Crippen molar-refractivity contribution in [3.63, 3.8) is 0 Å². The van der Waals surface area contributed by atoms with Crippen LogP contribution < -0.4 is 0 Å². The van der Waals surface area contributed by atoms with E-state index < -0.39 is 0 Å². The maximum Gasteiger partial charge on any atom is -0.0253 e. The van der Waals surface area contributed by atoms with E-state index in [2.05, 4.69) is 116 Å². The molecule has 5 aromatic carbocycles. The van der Waals surface area contributed by atoms with Crippen molar-refractivity contribution in [3.05, 3.63) is 129 Å². The average molecular weight is 533 g/mol. The summed E-state index contributed by atoms with van der Waals surface area (Å²) in [6.07, 6.45) is 1.05. The van der Waals surface area contributed by atoms with Crippen molar-refractivity contribution in [3.8, 4) is 11.1 Å². The summed E-state index contributed by atoms with van der Waals surface area (Å²) >= 11 is 1.36. The monoisotopic (exact) mass is 531 g/mol. The van der Waals surface area contributed by atoms with E-state index in [1.165, 1.54) is 78.2 Å². The zero-order valence-electron chi connectivity index (χ0n) is 19.9. The Bertz CT molecular complexity index is 1510. The molecule has 1 heterocycles. The van der Waals surface area contributed by atoms with Gasteiger partial charge in [0.1, 0.15) is 0 Å². The normalized spacial score (nSPS) is 10.7. The van der Waals surface area contributed by atoms with Gasteiger partial charge in [0.15, 0.2) is 0 Å². The molecule has 7 rings (SSSR count). The standard InChI is InChI=1S/C16H12N.C13H9.2CH3.Si.Zr/c1-17-14-9-5-4-8-13(14)16-12-7-3-2-6-11(12)10-15(16)17;1-3-7-12-10(5-1)9-11-6-2-4-8-13(11)12;;;;/h2-10H,1H3;1-5,7-8H,9H2;2*1H3;;/q4*-1;;. The van der Waals surface area contributed by atoms with Crippen molar-refractivity contribution in [1.29, 1.82) is 0 Å². The van der Waals surface area contributed by atoms with Gasteiger partial charge < -0.3 is 19.4 Å². The van der Waals surface area contributed by atoms with Crippen LogP contribution in [-0.4, -0.2) is 11.4 Å².